The van der Waals surface area contributed by atoms with Gasteiger partial charge in [-0.2, -0.15) is 0 Å². The molecule has 140 valence electrons. The second kappa shape index (κ2) is 9.78. The van der Waals surface area contributed by atoms with Gasteiger partial charge < -0.3 is 15.4 Å². The molecule has 1 aliphatic carbocycles. The SMILES string of the molecule is COc1ccccc1Nc1nnc(SCCC(=O)NC2CCCCC2)s1. The number of thioether (sulfide) groups is 1. The number of aromatic nitrogens is 2. The number of hydrogen-bond acceptors (Lipinski definition) is 7. The van der Waals surface area contributed by atoms with E-state index in [0.717, 1.165) is 28.6 Å². The maximum absolute atomic E-state index is 12.0. The summed E-state index contributed by atoms with van der Waals surface area (Å²) in [6.07, 6.45) is 6.50. The molecule has 26 heavy (non-hydrogen) atoms. The minimum absolute atomic E-state index is 0.140. The summed E-state index contributed by atoms with van der Waals surface area (Å²) in [4.78, 5) is 12.0. The van der Waals surface area contributed by atoms with Gasteiger partial charge in [0.2, 0.25) is 11.0 Å². The Labute approximate surface area is 162 Å². The highest BCUT2D eigenvalue weighted by Crippen LogP contribution is 2.31. The fourth-order valence-electron chi connectivity index (χ4n) is 2.96. The van der Waals surface area contributed by atoms with Crippen LogP contribution in [-0.2, 0) is 4.79 Å². The quantitative estimate of drug-likeness (QED) is 0.655. The van der Waals surface area contributed by atoms with Gasteiger partial charge in [0, 0.05) is 18.2 Å². The van der Waals surface area contributed by atoms with Crippen LogP contribution in [-0.4, -0.2) is 35.0 Å². The number of ether oxygens (including phenoxy) is 1. The third-order valence-corrected chi connectivity index (χ3v) is 6.25. The van der Waals surface area contributed by atoms with Crippen LogP contribution in [0.5, 0.6) is 5.75 Å². The molecule has 0 aliphatic heterocycles. The van der Waals surface area contributed by atoms with Gasteiger partial charge in [-0.15, -0.1) is 10.2 Å². The third-order valence-electron chi connectivity index (χ3n) is 4.28. The van der Waals surface area contributed by atoms with Crippen molar-refractivity contribution in [3.8, 4) is 5.75 Å². The van der Waals surface area contributed by atoms with E-state index in [0.29, 0.717) is 23.3 Å². The summed E-state index contributed by atoms with van der Waals surface area (Å²) >= 11 is 3.04. The van der Waals surface area contributed by atoms with E-state index in [1.165, 1.54) is 30.6 Å². The minimum Gasteiger partial charge on any atom is -0.495 e. The van der Waals surface area contributed by atoms with Gasteiger partial charge in [-0.05, 0) is 25.0 Å². The maximum atomic E-state index is 12.0. The number of nitrogens with one attached hydrogen (secondary N) is 2. The number of carbonyl (C=O) groups is 1. The summed E-state index contributed by atoms with van der Waals surface area (Å²) in [5.74, 6) is 1.61. The lowest BCUT2D eigenvalue weighted by atomic mass is 9.95. The van der Waals surface area contributed by atoms with Gasteiger partial charge in [-0.25, -0.2) is 0 Å². The van der Waals surface area contributed by atoms with Crippen molar-refractivity contribution in [2.24, 2.45) is 0 Å². The molecule has 1 saturated carbocycles. The van der Waals surface area contributed by atoms with Gasteiger partial charge in [0.25, 0.3) is 0 Å². The van der Waals surface area contributed by atoms with Crippen molar-refractivity contribution in [3.05, 3.63) is 24.3 Å². The summed E-state index contributed by atoms with van der Waals surface area (Å²) in [5.41, 5.74) is 0.856. The molecule has 1 heterocycles. The van der Waals surface area contributed by atoms with E-state index in [1.54, 1.807) is 18.9 Å². The molecule has 0 spiro atoms. The van der Waals surface area contributed by atoms with Crippen molar-refractivity contribution >= 4 is 39.8 Å². The molecule has 1 aliphatic rings. The summed E-state index contributed by atoms with van der Waals surface area (Å²) in [7, 11) is 1.64. The Morgan fingerprint density at radius 1 is 1.27 bits per heavy atom. The van der Waals surface area contributed by atoms with Crippen molar-refractivity contribution in [1.29, 1.82) is 0 Å². The van der Waals surface area contributed by atoms with Crippen molar-refractivity contribution in [3.63, 3.8) is 0 Å². The first-order valence-electron chi connectivity index (χ1n) is 8.90. The number of anilines is 2. The molecule has 0 atom stereocenters. The molecule has 2 N–H and O–H groups in total. The van der Waals surface area contributed by atoms with E-state index in [4.69, 9.17) is 4.74 Å². The smallest absolute Gasteiger partial charge is 0.221 e. The van der Waals surface area contributed by atoms with Crippen molar-refractivity contribution in [2.75, 3.05) is 18.2 Å². The molecular weight excluding hydrogens is 368 g/mol. The van der Waals surface area contributed by atoms with Crippen molar-refractivity contribution in [2.45, 2.75) is 48.9 Å². The van der Waals surface area contributed by atoms with Gasteiger partial charge in [-0.1, -0.05) is 54.5 Å². The van der Waals surface area contributed by atoms with Crippen LogP contribution in [0.3, 0.4) is 0 Å². The molecular formula is C18H24N4O2S2. The van der Waals surface area contributed by atoms with E-state index < -0.39 is 0 Å². The molecule has 0 radical (unpaired) electrons. The Hall–Kier alpha value is -1.80. The molecule has 1 aromatic heterocycles. The molecule has 6 nitrogen and oxygen atoms in total. The molecule has 8 heteroatoms. The second-order valence-electron chi connectivity index (χ2n) is 6.20. The minimum atomic E-state index is 0.140. The van der Waals surface area contributed by atoms with E-state index >= 15 is 0 Å². The number of para-hydroxylation sites is 2. The van der Waals surface area contributed by atoms with Crippen LogP contribution in [0, 0.1) is 0 Å². The summed E-state index contributed by atoms with van der Waals surface area (Å²) in [6.45, 7) is 0. The highest BCUT2D eigenvalue weighted by atomic mass is 32.2. The van der Waals surface area contributed by atoms with Crippen LogP contribution in [0.25, 0.3) is 0 Å². The number of carbonyl (C=O) groups excluding carboxylic acids is 1. The largest absolute Gasteiger partial charge is 0.495 e. The Balaban J connectivity index is 1.43. The number of rotatable bonds is 8. The van der Waals surface area contributed by atoms with Gasteiger partial charge in [0.1, 0.15) is 5.75 Å². The van der Waals surface area contributed by atoms with Crippen LogP contribution in [0.1, 0.15) is 38.5 Å². The Morgan fingerprint density at radius 2 is 2.08 bits per heavy atom. The predicted octanol–water partition coefficient (Wildman–Crippen LogP) is 4.22. The first-order valence-corrected chi connectivity index (χ1v) is 10.7. The fraction of sp³-hybridized carbons (Fsp3) is 0.500. The van der Waals surface area contributed by atoms with Crippen LogP contribution in [0.15, 0.2) is 28.6 Å². The Bertz CT molecular complexity index is 717. The highest BCUT2D eigenvalue weighted by Gasteiger charge is 2.15. The van der Waals surface area contributed by atoms with Gasteiger partial charge in [0.05, 0.1) is 12.8 Å². The summed E-state index contributed by atoms with van der Waals surface area (Å²) in [5, 5.41) is 15.4. The number of methoxy groups -OCH3 is 1. The van der Waals surface area contributed by atoms with Gasteiger partial charge in [-0.3, -0.25) is 4.79 Å². The lowest BCUT2D eigenvalue weighted by molar-refractivity contribution is -0.121. The topological polar surface area (TPSA) is 76.1 Å². The molecule has 3 rings (SSSR count). The Morgan fingerprint density at radius 3 is 2.88 bits per heavy atom. The predicted molar refractivity (Wildman–Crippen MR) is 107 cm³/mol. The molecule has 0 bridgehead atoms. The second-order valence-corrected chi connectivity index (χ2v) is 8.52. The van der Waals surface area contributed by atoms with Crippen molar-refractivity contribution in [1.82, 2.24) is 15.5 Å². The zero-order valence-corrected chi connectivity index (χ0v) is 16.5. The molecule has 2 aromatic rings. The normalized spacial score (nSPS) is 14.8. The summed E-state index contributed by atoms with van der Waals surface area (Å²) in [6, 6.07) is 8.06. The first kappa shape index (κ1) is 19.0. The average molecular weight is 393 g/mol. The zero-order chi connectivity index (χ0) is 18.2. The standard InChI is InChI=1S/C18H24N4O2S2/c1-24-15-10-6-5-9-14(15)20-17-21-22-18(26-17)25-12-11-16(23)19-13-7-3-2-4-8-13/h5-6,9-10,13H,2-4,7-8,11-12H2,1H3,(H,19,23)(H,20,21). The monoisotopic (exact) mass is 392 g/mol. The van der Waals surface area contributed by atoms with Crippen LogP contribution in [0.4, 0.5) is 10.8 Å². The maximum Gasteiger partial charge on any atom is 0.221 e. The molecule has 0 unspecified atom stereocenters. The molecule has 0 saturated heterocycles. The zero-order valence-electron chi connectivity index (χ0n) is 14.9. The molecule has 1 aromatic carbocycles. The van der Waals surface area contributed by atoms with Crippen LogP contribution >= 0.6 is 23.1 Å². The highest BCUT2D eigenvalue weighted by molar-refractivity contribution is 8.01. The van der Waals surface area contributed by atoms with Crippen LogP contribution < -0.4 is 15.4 Å². The molecule has 1 amide bonds. The molecule has 1 fully saturated rings. The number of nitrogens with zero attached hydrogens (tertiary/aromatic N) is 2. The average Bonchev–Trinajstić information content (AvgIpc) is 3.10. The van der Waals surface area contributed by atoms with Crippen LogP contribution in [0.2, 0.25) is 0 Å². The van der Waals surface area contributed by atoms with Crippen molar-refractivity contribution < 1.29 is 9.53 Å². The van der Waals surface area contributed by atoms with Gasteiger partial charge >= 0.3 is 0 Å². The fourth-order valence-corrected chi connectivity index (χ4v) is 4.73. The van der Waals surface area contributed by atoms with Gasteiger partial charge in [0.15, 0.2) is 4.34 Å². The van der Waals surface area contributed by atoms with E-state index in [-0.39, 0.29) is 5.91 Å². The third kappa shape index (κ3) is 5.60. The van der Waals surface area contributed by atoms with E-state index in [1.807, 2.05) is 24.3 Å². The number of hydrogen-bond donors (Lipinski definition) is 2. The lowest BCUT2D eigenvalue weighted by Gasteiger charge is -2.22. The Kier molecular flexibility index (Phi) is 7.13. The van der Waals surface area contributed by atoms with E-state index in [9.17, 15) is 4.79 Å². The number of amides is 1. The summed E-state index contributed by atoms with van der Waals surface area (Å²) < 4.78 is 6.18. The lowest BCUT2D eigenvalue weighted by Crippen LogP contribution is -2.36. The number of benzene rings is 1. The first-order chi connectivity index (χ1) is 12.7. The van der Waals surface area contributed by atoms with E-state index in [2.05, 4.69) is 20.8 Å².